The van der Waals surface area contributed by atoms with Crippen LogP contribution in [-0.4, -0.2) is 4.57 Å². The molecule has 0 N–H and O–H groups in total. The number of benzene rings is 5. The van der Waals surface area contributed by atoms with Gasteiger partial charge in [-0.05, 0) is 53.4 Å². The first kappa shape index (κ1) is 18.7. The molecule has 1 heterocycles. The van der Waals surface area contributed by atoms with Crippen LogP contribution in [0.1, 0.15) is 5.56 Å². The summed E-state index contributed by atoms with van der Waals surface area (Å²) in [5.41, 5.74) is 9.91. The zero-order valence-electron chi connectivity index (χ0n) is 18.0. The van der Waals surface area contributed by atoms with E-state index in [0.29, 0.717) is 0 Å². The number of aromatic nitrogens is 1. The molecule has 0 atom stereocenters. The summed E-state index contributed by atoms with van der Waals surface area (Å²) in [6, 6.07) is 43.7. The molecule has 0 radical (unpaired) electrons. The maximum Gasteiger partial charge on any atom is 0.0541 e. The number of nitrogens with zero attached hydrogens (tertiary/aromatic N) is 1. The smallest absolute Gasteiger partial charge is 0.0541 e. The van der Waals surface area contributed by atoms with Gasteiger partial charge in [0.2, 0.25) is 0 Å². The Bertz CT molecular complexity index is 1530. The maximum absolute atomic E-state index is 2.38. The van der Waals surface area contributed by atoms with E-state index in [1.807, 2.05) is 0 Å². The maximum atomic E-state index is 2.38. The van der Waals surface area contributed by atoms with E-state index in [2.05, 4.69) is 133 Å². The molecule has 0 saturated carbocycles. The summed E-state index contributed by atoms with van der Waals surface area (Å²) in [6.07, 6.45) is 0. The highest BCUT2D eigenvalue weighted by molar-refractivity contribution is 6.09. The quantitative estimate of drug-likeness (QED) is 0.276. The summed E-state index contributed by atoms with van der Waals surface area (Å²) in [5.74, 6) is 0. The monoisotopic (exact) mass is 409 g/mol. The third kappa shape index (κ3) is 3.02. The van der Waals surface area contributed by atoms with E-state index < -0.39 is 0 Å². The molecule has 0 aliphatic rings. The minimum atomic E-state index is 1.18. The molecule has 0 bridgehead atoms. The van der Waals surface area contributed by atoms with Crippen molar-refractivity contribution in [2.75, 3.05) is 0 Å². The topological polar surface area (TPSA) is 4.93 Å². The van der Waals surface area contributed by atoms with Gasteiger partial charge in [0.05, 0.1) is 11.0 Å². The second-order valence-corrected chi connectivity index (χ2v) is 8.34. The van der Waals surface area contributed by atoms with Crippen LogP contribution < -0.4 is 0 Å². The molecule has 0 unspecified atom stereocenters. The van der Waals surface area contributed by atoms with Crippen molar-refractivity contribution in [1.29, 1.82) is 0 Å². The summed E-state index contributed by atoms with van der Waals surface area (Å²) in [4.78, 5) is 0. The van der Waals surface area contributed by atoms with E-state index in [1.54, 1.807) is 0 Å². The number of hydrogen-bond donors (Lipinski definition) is 0. The molecule has 0 saturated heterocycles. The number of para-hydroxylation sites is 2. The number of fused-ring (bicyclic) bond motifs is 3. The molecular weight excluding hydrogens is 386 g/mol. The molecule has 0 spiro atoms. The van der Waals surface area contributed by atoms with Gasteiger partial charge in [0, 0.05) is 16.5 Å². The lowest BCUT2D eigenvalue weighted by molar-refractivity contribution is 1.18. The van der Waals surface area contributed by atoms with Gasteiger partial charge in [0.25, 0.3) is 0 Å². The molecule has 0 aliphatic heterocycles. The first-order valence-electron chi connectivity index (χ1n) is 11.0. The fourth-order valence-electron chi connectivity index (χ4n) is 4.81. The van der Waals surface area contributed by atoms with Gasteiger partial charge in [0.15, 0.2) is 0 Å². The number of aryl methyl sites for hydroxylation is 1. The van der Waals surface area contributed by atoms with Gasteiger partial charge in [0.1, 0.15) is 0 Å². The second kappa shape index (κ2) is 7.55. The van der Waals surface area contributed by atoms with Gasteiger partial charge >= 0.3 is 0 Å². The number of hydrogen-bond acceptors (Lipinski definition) is 0. The molecule has 1 aromatic heterocycles. The first-order chi connectivity index (χ1) is 15.8. The molecule has 0 aliphatic carbocycles. The fraction of sp³-hybridized carbons (Fsp3) is 0.0323. The Morgan fingerprint density at radius 3 is 1.62 bits per heavy atom. The van der Waals surface area contributed by atoms with Crippen LogP contribution >= 0.6 is 0 Å². The zero-order chi connectivity index (χ0) is 21.5. The van der Waals surface area contributed by atoms with Crippen molar-refractivity contribution in [3.05, 3.63) is 127 Å². The summed E-state index contributed by atoms with van der Waals surface area (Å²) in [6.45, 7) is 2.15. The van der Waals surface area contributed by atoms with Crippen LogP contribution in [0.2, 0.25) is 0 Å². The molecule has 0 fully saturated rings. The molecule has 6 aromatic rings. The normalized spacial score (nSPS) is 11.3. The molecule has 152 valence electrons. The minimum absolute atomic E-state index is 1.18. The summed E-state index contributed by atoms with van der Waals surface area (Å²) >= 11 is 0. The molecule has 1 heteroatoms. The SMILES string of the molecule is Cc1cccc(-c2ccccc2-c2cccc(-n3c4ccccc4c4ccccc43)c2)c1. The van der Waals surface area contributed by atoms with Gasteiger partial charge in [-0.3, -0.25) is 0 Å². The Kier molecular flexibility index (Phi) is 4.40. The average molecular weight is 410 g/mol. The van der Waals surface area contributed by atoms with Crippen molar-refractivity contribution in [2.45, 2.75) is 6.92 Å². The van der Waals surface area contributed by atoms with Crippen molar-refractivity contribution in [3.8, 4) is 27.9 Å². The molecule has 0 amide bonds. The molecular formula is C31H23N. The molecule has 6 rings (SSSR count). The fourth-order valence-corrected chi connectivity index (χ4v) is 4.81. The minimum Gasteiger partial charge on any atom is -0.309 e. The second-order valence-electron chi connectivity index (χ2n) is 8.34. The van der Waals surface area contributed by atoms with Crippen LogP contribution in [0.3, 0.4) is 0 Å². The largest absolute Gasteiger partial charge is 0.309 e. The first-order valence-corrected chi connectivity index (χ1v) is 11.0. The zero-order valence-corrected chi connectivity index (χ0v) is 18.0. The molecule has 5 aromatic carbocycles. The van der Waals surface area contributed by atoms with Crippen LogP contribution in [0.4, 0.5) is 0 Å². The third-order valence-electron chi connectivity index (χ3n) is 6.25. The van der Waals surface area contributed by atoms with E-state index in [4.69, 9.17) is 0 Å². The van der Waals surface area contributed by atoms with Crippen LogP contribution in [0.15, 0.2) is 121 Å². The lowest BCUT2D eigenvalue weighted by Crippen LogP contribution is -1.94. The molecule has 1 nitrogen and oxygen atoms in total. The summed E-state index contributed by atoms with van der Waals surface area (Å²) in [5, 5.41) is 2.57. The van der Waals surface area contributed by atoms with E-state index in [9.17, 15) is 0 Å². The Labute approximate surface area is 188 Å². The highest BCUT2D eigenvalue weighted by Crippen LogP contribution is 2.36. The standard InChI is InChI=1S/C31H23N/c1-22-10-8-11-23(20-22)26-14-2-3-15-27(26)24-12-9-13-25(21-24)32-30-18-6-4-16-28(30)29-17-5-7-19-31(29)32/h2-21H,1H3. The van der Waals surface area contributed by atoms with Gasteiger partial charge < -0.3 is 4.57 Å². The average Bonchev–Trinajstić information content (AvgIpc) is 3.19. The van der Waals surface area contributed by atoms with E-state index in [0.717, 1.165) is 0 Å². The predicted molar refractivity (Wildman–Crippen MR) is 136 cm³/mol. The van der Waals surface area contributed by atoms with Crippen molar-refractivity contribution in [3.63, 3.8) is 0 Å². The highest BCUT2D eigenvalue weighted by atomic mass is 15.0. The Balaban J connectivity index is 1.58. The lowest BCUT2D eigenvalue weighted by atomic mass is 9.93. The van der Waals surface area contributed by atoms with Crippen molar-refractivity contribution < 1.29 is 0 Å². The Hall–Kier alpha value is -4.10. The van der Waals surface area contributed by atoms with E-state index in [-0.39, 0.29) is 0 Å². The highest BCUT2D eigenvalue weighted by Gasteiger charge is 2.13. The lowest BCUT2D eigenvalue weighted by Gasteiger charge is -2.13. The third-order valence-corrected chi connectivity index (χ3v) is 6.25. The van der Waals surface area contributed by atoms with Crippen molar-refractivity contribution in [1.82, 2.24) is 4.57 Å². The van der Waals surface area contributed by atoms with Crippen LogP contribution in [0.25, 0.3) is 49.7 Å². The van der Waals surface area contributed by atoms with Crippen molar-refractivity contribution in [2.24, 2.45) is 0 Å². The van der Waals surface area contributed by atoms with Gasteiger partial charge in [-0.2, -0.15) is 0 Å². The van der Waals surface area contributed by atoms with E-state index in [1.165, 1.54) is 55.3 Å². The van der Waals surface area contributed by atoms with Crippen LogP contribution in [0.5, 0.6) is 0 Å². The van der Waals surface area contributed by atoms with Gasteiger partial charge in [-0.1, -0.05) is 103 Å². The Morgan fingerprint density at radius 1 is 0.469 bits per heavy atom. The van der Waals surface area contributed by atoms with Gasteiger partial charge in [-0.15, -0.1) is 0 Å². The number of rotatable bonds is 3. The van der Waals surface area contributed by atoms with Gasteiger partial charge in [-0.25, -0.2) is 0 Å². The van der Waals surface area contributed by atoms with Crippen LogP contribution in [-0.2, 0) is 0 Å². The van der Waals surface area contributed by atoms with E-state index >= 15 is 0 Å². The summed E-state index contributed by atoms with van der Waals surface area (Å²) in [7, 11) is 0. The molecule has 32 heavy (non-hydrogen) atoms. The Morgan fingerprint density at radius 2 is 1.00 bits per heavy atom. The predicted octanol–water partition coefficient (Wildman–Crippen LogP) is 8.43. The van der Waals surface area contributed by atoms with Crippen LogP contribution in [0, 0.1) is 6.92 Å². The van der Waals surface area contributed by atoms with Crippen molar-refractivity contribution >= 4 is 21.8 Å². The summed E-state index contributed by atoms with van der Waals surface area (Å²) < 4.78 is 2.38.